The molecule has 0 aliphatic carbocycles. The summed E-state index contributed by atoms with van der Waals surface area (Å²) in [6.07, 6.45) is 0. The zero-order valence-corrected chi connectivity index (χ0v) is 40.3. The van der Waals surface area contributed by atoms with E-state index in [9.17, 15) is 5.26 Å². The van der Waals surface area contributed by atoms with Crippen molar-refractivity contribution in [3.8, 4) is 56.8 Å². The number of nitriles is 1. The summed E-state index contributed by atoms with van der Waals surface area (Å²) in [5.74, 6) is 0.620. The van der Waals surface area contributed by atoms with Crippen molar-refractivity contribution in [1.29, 1.82) is 5.26 Å². The predicted octanol–water partition coefficient (Wildman–Crippen LogP) is 18.2. The van der Waals surface area contributed by atoms with Crippen LogP contribution in [0.1, 0.15) is 5.56 Å². The number of aromatic nitrogens is 3. The highest BCUT2D eigenvalue weighted by Crippen LogP contribution is 2.44. The lowest BCUT2D eigenvalue weighted by Gasteiger charge is -2.26. The van der Waals surface area contributed by atoms with Gasteiger partial charge in [-0.2, -0.15) is 5.26 Å². The van der Waals surface area contributed by atoms with Crippen LogP contribution in [0.4, 0.5) is 45.5 Å². The number of hydrogen-bond donors (Lipinski definition) is 0. The number of hydrogen-bond acceptors (Lipinski definition) is 5. The monoisotopic (exact) mass is 958 g/mol. The Kier molecular flexibility index (Phi) is 11.9. The SMILES string of the molecule is [C-]#[N+]c1ccc(N(c2ccccc2)c2ccc3c(c2)c2cc(N(c4ccccc4)c4ccc(C#N)cc4)ccc2n3-c2ccc(-c3ccc(-c4cc(-c5ccccc5)nc(-c5ccccc5)n4)cc3[N+]#[C-])cc2)cc1. The van der Waals surface area contributed by atoms with Crippen LogP contribution in [0.15, 0.2) is 255 Å². The lowest BCUT2D eigenvalue weighted by Crippen LogP contribution is -2.09. The van der Waals surface area contributed by atoms with Crippen molar-refractivity contribution >= 4 is 67.3 Å². The van der Waals surface area contributed by atoms with E-state index in [4.69, 9.17) is 23.1 Å². The topological polar surface area (TPSA) is 69.7 Å². The molecule has 2 aromatic heterocycles. The first-order valence-corrected chi connectivity index (χ1v) is 24.4. The molecule has 75 heavy (non-hydrogen) atoms. The molecular formula is C67H42N8. The molecule has 0 aliphatic heterocycles. The van der Waals surface area contributed by atoms with Crippen LogP contribution in [0.25, 0.3) is 82.2 Å². The zero-order valence-electron chi connectivity index (χ0n) is 40.3. The largest absolute Gasteiger partial charge is 0.311 e. The summed E-state index contributed by atoms with van der Waals surface area (Å²) in [5.41, 5.74) is 16.5. The van der Waals surface area contributed by atoms with Crippen molar-refractivity contribution in [3.63, 3.8) is 0 Å². The Morgan fingerprint density at radius 2 is 0.867 bits per heavy atom. The fourth-order valence-corrected chi connectivity index (χ4v) is 9.85. The molecule has 0 saturated carbocycles. The van der Waals surface area contributed by atoms with E-state index in [1.807, 2.05) is 170 Å². The minimum atomic E-state index is 0.523. The van der Waals surface area contributed by atoms with Crippen molar-refractivity contribution in [2.45, 2.75) is 0 Å². The highest BCUT2D eigenvalue weighted by atomic mass is 15.2. The summed E-state index contributed by atoms with van der Waals surface area (Å²) >= 11 is 0. The van der Waals surface area contributed by atoms with E-state index < -0.39 is 0 Å². The summed E-state index contributed by atoms with van der Waals surface area (Å²) < 4.78 is 2.30. The molecule has 0 aliphatic rings. The Hall–Kier alpha value is -10.9. The van der Waals surface area contributed by atoms with Gasteiger partial charge in [-0.15, -0.1) is 0 Å². The Labute approximate surface area is 434 Å². The Bertz CT molecular complexity index is 3960. The van der Waals surface area contributed by atoms with Crippen molar-refractivity contribution in [3.05, 3.63) is 283 Å². The normalized spacial score (nSPS) is 10.9. The molecule has 0 saturated heterocycles. The van der Waals surface area contributed by atoms with Crippen LogP contribution < -0.4 is 9.80 Å². The molecular weight excluding hydrogens is 917 g/mol. The van der Waals surface area contributed by atoms with Crippen LogP contribution in [0.5, 0.6) is 0 Å². The van der Waals surface area contributed by atoms with E-state index >= 15 is 0 Å². The second kappa shape index (κ2) is 19.7. The van der Waals surface area contributed by atoms with Gasteiger partial charge in [0.05, 0.1) is 47.2 Å². The van der Waals surface area contributed by atoms with E-state index in [0.717, 1.165) is 101 Å². The van der Waals surface area contributed by atoms with Crippen LogP contribution >= 0.6 is 0 Å². The molecule has 350 valence electrons. The van der Waals surface area contributed by atoms with Gasteiger partial charge in [-0.05, 0) is 138 Å². The molecule has 0 spiro atoms. The third-order valence-corrected chi connectivity index (χ3v) is 13.4. The van der Waals surface area contributed by atoms with Gasteiger partial charge in [0.1, 0.15) is 0 Å². The summed E-state index contributed by atoms with van der Waals surface area (Å²) in [6.45, 7) is 16.0. The molecule has 0 N–H and O–H groups in total. The molecule has 0 radical (unpaired) electrons. The van der Waals surface area contributed by atoms with Crippen molar-refractivity contribution in [1.82, 2.24) is 14.5 Å². The van der Waals surface area contributed by atoms with E-state index in [1.54, 1.807) is 0 Å². The molecule has 0 amide bonds. The quantitative estimate of drug-likeness (QED) is 0.121. The van der Waals surface area contributed by atoms with Gasteiger partial charge in [-0.3, -0.25) is 0 Å². The van der Waals surface area contributed by atoms with Crippen LogP contribution in [-0.2, 0) is 0 Å². The molecule has 12 aromatic rings. The first kappa shape index (κ1) is 45.3. The van der Waals surface area contributed by atoms with Gasteiger partial charge in [-0.25, -0.2) is 19.7 Å². The van der Waals surface area contributed by atoms with E-state index in [0.29, 0.717) is 22.8 Å². The number of fused-ring (bicyclic) bond motifs is 3. The second-order valence-corrected chi connectivity index (χ2v) is 18.0. The van der Waals surface area contributed by atoms with Crippen LogP contribution in [0.2, 0.25) is 0 Å². The Morgan fingerprint density at radius 1 is 0.400 bits per heavy atom. The van der Waals surface area contributed by atoms with Gasteiger partial charge >= 0.3 is 0 Å². The smallest absolute Gasteiger partial charge is 0.195 e. The zero-order chi connectivity index (χ0) is 50.7. The maximum absolute atomic E-state index is 9.67. The maximum Gasteiger partial charge on any atom is 0.195 e. The number of benzene rings is 10. The van der Waals surface area contributed by atoms with Gasteiger partial charge in [0.15, 0.2) is 17.2 Å². The van der Waals surface area contributed by atoms with Crippen molar-refractivity contribution < 1.29 is 0 Å². The Morgan fingerprint density at radius 3 is 1.39 bits per heavy atom. The molecule has 0 bridgehead atoms. The second-order valence-electron chi connectivity index (χ2n) is 18.0. The molecule has 10 aromatic carbocycles. The van der Waals surface area contributed by atoms with Crippen LogP contribution in [0, 0.1) is 24.5 Å². The van der Waals surface area contributed by atoms with Gasteiger partial charge in [0.25, 0.3) is 0 Å². The summed E-state index contributed by atoms with van der Waals surface area (Å²) in [4.78, 5) is 22.2. The number of anilines is 6. The average Bonchev–Trinajstić information content (AvgIpc) is 3.81. The fraction of sp³-hybridized carbons (Fsp3) is 0. The van der Waals surface area contributed by atoms with Gasteiger partial charge in [0.2, 0.25) is 0 Å². The predicted molar refractivity (Wildman–Crippen MR) is 305 cm³/mol. The van der Waals surface area contributed by atoms with Crippen molar-refractivity contribution in [2.24, 2.45) is 0 Å². The third kappa shape index (κ3) is 8.76. The average molecular weight is 959 g/mol. The van der Waals surface area contributed by atoms with E-state index in [1.165, 1.54) is 0 Å². The number of nitrogens with zero attached hydrogens (tertiary/aromatic N) is 8. The van der Waals surface area contributed by atoms with Crippen LogP contribution in [0.3, 0.4) is 0 Å². The van der Waals surface area contributed by atoms with Gasteiger partial charge in [-0.1, -0.05) is 133 Å². The van der Waals surface area contributed by atoms with Gasteiger partial charge < -0.3 is 14.4 Å². The maximum atomic E-state index is 9.67. The lowest BCUT2D eigenvalue weighted by molar-refractivity contribution is 1.18. The number of rotatable bonds is 11. The molecule has 2 heterocycles. The third-order valence-electron chi connectivity index (χ3n) is 13.4. The van der Waals surface area contributed by atoms with Crippen molar-refractivity contribution in [2.75, 3.05) is 9.80 Å². The first-order chi connectivity index (χ1) is 37.0. The molecule has 0 atom stereocenters. The molecule has 0 fully saturated rings. The van der Waals surface area contributed by atoms with E-state index in [-0.39, 0.29) is 0 Å². The van der Waals surface area contributed by atoms with Crippen LogP contribution in [-0.4, -0.2) is 14.5 Å². The summed E-state index contributed by atoms with van der Waals surface area (Å²) in [5, 5.41) is 11.8. The summed E-state index contributed by atoms with van der Waals surface area (Å²) in [6, 6.07) is 87.9. The number of para-hydroxylation sites is 2. The highest BCUT2D eigenvalue weighted by molar-refractivity contribution is 6.12. The summed E-state index contributed by atoms with van der Waals surface area (Å²) in [7, 11) is 0. The molecule has 0 unspecified atom stereocenters. The lowest BCUT2D eigenvalue weighted by atomic mass is 9.99. The minimum Gasteiger partial charge on any atom is -0.311 e. The molecule has 8 nitrogen and oxygen atoms in total. The van der Waals surface area contributed by atoms with Gasteiger partial charge in [0, 0.05) is 61.7 Å². The minimum absolute atomic E-state index is 0.523. The Balaban J connectivity index is 0.983. The highest BCUT2D eigenvalue weighted by Gasteiger charge is 2.21. The standard InChI is InChI=1S/C67H42N8/c1-69-51-28-34-55(35-29-51)74(53-21-13-6-14-22-53)58-37-40-66-61(43-58)60-42-57(73(52-19-11-5-12-20-52)54-30-23-46(45-68)24-31-54)36-39-65(60)75(66)56-32-25-47(26-33-56)59-38-27-50(41-64(59)70-2)63-44-62(48-15-7-3-8-16-48)71-67(72-63)49-17-9-4-10-18-49/h3-44H. The molecule has 12 rings (SSSR count). The first-order valence-electron chi connectivity index (χ1n) is 24.4. The fourth-order valence-electron chi connectivity index (χ4n) is 9.85. The van der Waals surface area contributed by atoms with E-state index in [2.05, 4.69) is 115 Å². The molecule has 8 heteroatoms.